The molecule has 1 unspecified atom stereocenters. The molecule has 1 saturated heterocycles. The number of nitrogens with zero attached hydrogens (tertiary/aromatic N) is 1. The van der Waals surface area contributed by atoms with Crippen LogP contribution < -0.4 is 10.1 Å². The van der Waals surface area contributed by atoms with Crippen LogP contribution in [0.25, 0.3) is 0 Å². The van der Waals surface area contributed by atoms with Gasteiger partial charge in [-0.1, -0.05) is 36.4 Å². The highest BCUT2D eigenvalue weighted by Crippen LogP contribution is 2.28. The zero-order chi connectivity index (χ0) is 20.9. The number of ether oxygens (including phenoxy) is 2. The maximum atomic E-state index is 12.0. The topological polar surface area (TPSA) is 50.8 Å². The van der Waals surface area contributed by atoms with Crippen molar-refractivity contribution in [3.8, 4) is 5.75 Å². The van der Waals surface area contributed by atoms with Crippen molar-refractivity contribution in [1.29, 1.82) is 0 Å². The summed E-state index contributed by atoms with van der Waals surface area (Å²) in [6.07, 6.45) is 0.589. The third kappa shape index (κ3) is 7.05. The Kier molecular flexibility index (Phi) is 7.19. The van der Waals surface area contributed by atoms with E-state index in [1.807, 2.05) is 45.0 Å². The third-order valence-electron chi connectivity index (χ3n) is 4.63. The summed E-state index contributed by atoms with van der Waals surface area (Å²) in [4.78, 5) is 14.3. The van der Waals surface area contributed by atoms with E-state index < -0.39 is 5.60 Å². The van der Waals surface area contributed by atoms with Gasteiger partial charge < -0.3 is 14.8 Å². The summed E-state index contributed by atoms with van der Waals surface area (Å²) >= 11 is 3.63. The van der Waals surface area contributed by atoms with E-state index in [1.54, 1.807) is 0 Å². The van der Waals surface area contributed by atoms with E-state index in [0.717, 1.165) is 41.8 Å². The van der Waals surface area contributed by atoms with Gasteiger partial charge in [-0.15, -0.1) is 0 Å². The number of rotatable bonds is 6. The number of hydrogen-bond acceptors (Lipinski definition) is 4. The summed E-state index contributed by atoms with van der Waals surface area (Å²) in [6.45, 7) is 8.77. The van der Waals surface area contributed by atoms with Gasteiger partial charge in [0.05, 0.1) is 4.47 Å². The molecule has 5 nitrogen and oxygen atoms in total. The van der Waals surface area contributed by atoms with E-state index in [4.69, 9.17) is 9.47 Å². The van der Waals surface area contributed by atoms with Gasteiger partial charge in [-0.25, -0.2) is 4.79 Å². The van der Waals surface area contributed by atoms with Gasteiger partial charge in [0.2, 0.25) is 0 Å². The largest absolute Gasteiger partial charge is 0.488 e. The molecule has 2 aromatic carbocycles. The molecule has 3 rings (SSSR count). The number of halogens is 1. The van der Waals surface area contributed by atoms with E-state index in [2.05, 4.69) is 50.4 Å². The molecule has 0 saturated carbocycles. The van der Waals surface area contributed by atoms with Crippen LogP contribution in [0.4, 0.5) is 4.79 Å². The Morgan fingerprint density at radius 3 is 2.62 bits per heavy atom. The molecule has 1 atom stereocenters. The van der Waals surface area contributed by atoms with Gasteiger partial charge in [-0.2, -0.15) is 0 Å². The minimum Gasteiger partial charge on any atom is -0.488 e. The first kappa shape index (κ1) is 21.7. The first-order valence-electron chi connectivity index (χ1n) is 9.95. The lowest BCUT2D eigenvalue weighted by Crippen LogP contribution is -2.40. The molecular weight excluding hydrogens is 432 g/mol. The normalized spacial score (nSPS) is 17.2. The number of amides is 1. The summed E-state index contributed by atoms with van der Waals surface area (Å²) in [6, 6.07) is 16.5. The average Bonchev–Trinajstić information content (AvgIpc) is 3.07. The van der Waals surface area contributed by atoms with Crippen molar-refractivity contribution in [2.45, 2.75) is 52.0 Å². The van der Waals surface area contributed by atoms with E-state index in [-0.39, 0.29) is 12.1 Å². The van der Waals surface area contributed by atoms with Crippen LogP contribution in [0, 0.1) is 0 Å². The molecule has 2 aromatic rings. The Morgan fingerprint density at radius 2 is 1.93 bits per heavy atom. The summed E-state index contributed by atoms with van der Waals surface area (Å²) in [5.41, 5.74) is 1.88. The molecule has 0 spiro atoms. The fourth-order valence-electron chi connectivity index (χ4n) is 3.32. The van der Waals surface area contributed by atoms with Gasteiger partial charge in [0.15, 0.2) is 0 Å². The highest BCUT2D eigenvalue weighted by atomic mass is 79.9. The van der Waals surface area contributed by atoms with Crippen LogP contribution in [-0.2, 0) is 17.9 Å². The fraction of sp³-hybridized carbons (Fsp3) is 0.435. The molecule has 0 aliphatic carbocycles. The third-order valence-corrected chi connectivity index (χ3v) is 5.25. The number of carbonyl (C=O) groups is 1. The highest BCUT2D eigenvalue weighted by Gasteiger charge is 2.26. The summed E-state index contributed by atoms with van der Waals surface area (Å²) < 4.78 is 12.2. The van der Waals surface area contributed by atoms with Crippen molar-refractivity contribution in [2.75, 3.05) is 13.1 Å². The lowest BCUT2D eigenvalue weighted by molar-refractivity contribution is 0.0505. The molecular formula is C23H29BrN2O3. The quantitative estimate of drug-likeness (QED) is 0.649. The standard InChI is InChI=1S/C23H29BrN2O3/c1-23(2,3)29-22(27)25-19-11-12-26(15-19)14-18-9-10-21(20(24)13-18)28-16-17-7-5-4-6-8-17/h4-10,13,19H,11-12,14-16H2,1-3H3,(H,25,27). The van der Waals surface area contributed by atoms with Crippen molar-refractivity contribution in [1.82, 2.24) is 10.2 Å². The van der Waals surface area contributed by atoms with Crippen LogP contribution in [0.5, 0.6) is 5.75 Å². The Bertz CT molecular complexity index is 821. The lowest BCUT2D eigenvalue weighted by atomic mass is 10.2. The molecule has 29 heavy (non-hydrogen) atoms. The molecule has 156 valence electrons. The highest BCUT2D eigenvalue weighted by molar-refractivity contribution is 9.10. The van der Waals surface area contributed by atoms with Gasteiger partial charge in [-0.3, -0.25) is 4.90 Å². The number of benzene rings is 2. The second-order valence-corrected chi connectivity index (χ2v) is 9.26. The Labute approximate surface area is 181 Å². The monoisotopic (exact) mass is 460 g/mol. The van der Waals surface area contributed by atoms with Crippen molar-refractivity contribution >= 4 is 22.0 Å². The zero-order valence-corrected chi connectivity index (χ0v) is 18.9. The Morgan fingerprint density at radius 1 is 1.17 bits per heavy atom. The maximum absolute atomic E-state index is 12.0. The number of nitrogens with one attached hydrogen (secondary N) is 1. The first-order chi connectivity index (χ1) is 13.8. The van der Waals surface area contributed by atoms with Gasteiger partial charge in [0.25, 0.3) is 0 Å². The van der Waals surface area contributed by atoms with Crippen LogP contribution in [0.3, 0.4) is 0 Å². The second kappa shape index (κ2) is 9.63. The lowest BCUT2D eigenvalue weighted by Gasteiger charge is -2.22. The second-order valence-electron chi connectivity index (χ2n) is 8.41. The first-order valence-corrected chi connectivity index (χ1v) is 10.7. The van der Waals surface area contributed by atoms with Crippen molar-refractivity contribution in [3.05, 3.63) is 64.1 Å². The van der Waals surface area contributed by atoms with Crippen LogP contribution in [-0.4, -0.2) is 35.7 Å². The number of hydrogen-bond donors (Lipinski definition) is 1. The summed E-state index contributed by atoms with van der Waals surface area (Å²) in [5.74, 6) is 0.837. The van der Waals surface area contributed by atoms with Crippen LogP contribution in [0.1, 0.15) is 38.3 Å². The van der Waals surface area contributed by atoms with Gasteiger partial charge >= 0.3 is 6.09 Å². The van der Waals surface area contributed by atoms with E-state index in [1.165, 1.54) is 5.56 Å². The molecule has 0 aromatic heterocycles. The molecule has 6 heteroatoms. The predicted molar refractivity (Wildman–Crippen MR) is 118 cm³/mol. The van der Waals surface area contributed by atoms with Crippen LogP contribution in [0.2, 0.25) is 0 Å². The molecule has 0 bridgehead atoms. The molecule has 1 amide bonds. The minimum absolute atomic E-state index is 0.127. The average molecular weight is 461 g/mol. The zero-order valence-electron chi connectivity index (χ0n) is 17.3. The smallest absolute Gasteiger partial charge is 0.407 e. The van der Waals surface area contributed by atoms with Gasteiger partial charge in [0.1, 0.15) is 18.0 Å². The molecule has 1 fully saturated rings. The molecule has 1 aliphatic heterocycles. The van der Waals surface area contributed by atoms with Crippen LogP contribution in [0.15, 0.2) is 53.0 Å². The SMILES string of the molecule is CC(C)(C)OC(=O)NC1CCN(Cc2ccc(OCc3ccccc3)c(Br)c2)C1. The van der Waals surface area contributed by atoms with Gasteiger partial charge in [-0.05, 0) is 66.4 Å². The Hall–Kier alpha value is -2.05. The molecule has 0 radical (unpaired) electrons. The number of carbonyl (C=O) groups excluding carboxylic acids is 1. The number of alkyl carbamates (subject to hydrolysis) is 1. The minimum atomic E-state index is -0.473. The van der Waals surface area contributed by atoms with E-state index in [0.29, 0.717) is 6.61 Å². The molecule has 1 aliphatic rings. The van der Waals surface area contributed by atoms with Crippen molar-refractivity contribution in [3.63, 3.8) is 0 Å². The predicted octanol–water partition coefficient (Wildman–Crippen LogP) is 5.13. The van der Waals surface area contributed by atoms with E-state index in [9.17, 15) is 4.79 Å². The summed E-state index contributed by atoms with van der Waals surface area (Å²) in [5, 5.41) is 2.97. The molecule has 1 heterocycles. The summed E-state index contributed by atoms with van der Waals surface area (Å²) in [7, 11) is 0. The molecule has 1 N–H and O–H groups in total. The van der Waals surface area contributed by atoms with Crippen molar-refractivity contribution in [2.24, 2.45) is 0 Å². The Balaban J connectivity index is 1.48. The maximum Gasteiger partial charge on any atom is 0.407 e. The fourth-order valence-corrected chi connectivity index (χ4v) is 3.86. The van der Waals surface area contributed by atoms with E-state index >= 15 is 0 Å². The van der Waals surface area contributed by atoms with Gasteiger partial charge in [0, 0.05) is 25.7 Å². The van der Waals surface area contributed by atoms with Crippen LogP contribution >= 0.6 is 15.9 Å². The van der Waals surface area contributed by atoms with Crippen molar-refractivity contribution < 1.29 is 14.3 Å². The number of likely N-dealkylation sites (tertiary alicyclic amines) is 1.